The lowest BCUT2D eigenvalue weighted by atomic mass is 10.0. The Morgan fingerprint density at radius 1 is 0.950 bits per heavy atom. The second kappa shape index (κ2) is 11.7. The van der Waals surface area contributed by atoms with Gasteiger partial charge in [0.15, 0.2) is 5.69 Å². The van der Waals surface area contributed by atoms with Crippen molar-refractivity contribution in [2.45, 2.75) is 33.1 Å². The molecule has 1 N–H and O–H groups in total. The number of anilines is 1. The van der Waals surface area contributed by atoms with Gasteiger partial charge in [-0.05, 0) is 47.2 Å². The molecule has 0 aliphatic heterocycles. The minimum absolute atomic E-state index is 0.0256. The molecule has 0 aliphatic rings. The second-order valence-corrected chi connectivity index (χ2v) is 10.6. The molecule has 2 heterocycles. The molecule has 0 unspecified atom stereocenters. The van der Waals surface area contributed by atoms with E-state index in [0.717, 1.165) is 22.3 Å². The maximum Gasteiger partial charge on any atom is 0.359 e. The quantitative estimate of drug-likeness (QED) is 0.220. The van der Waals surface area contributed by atoms with Crippen LogP contribution in [0.1, 0.15) is 48.3 Å². The highest BCUT2D eigenvalue weighted by Crippen LogP contribution is 2.31. The van der Waals surface area contributed by atoms with Crippen molar-refractivity contribution in [3.8, 4) is 16.8 Å². The normalized spacial score (nSPS) is 11.1. The summed E-state index contributed by atoms with van der Waals surface area (Å²) in [5, 5.41) is 9.87. The van der Waals surface area contributed by atoms with E-state index in [1.54, 1.807) is 24.4 Å². The minimum Gasteiger partial charge on any atom is -0.461 e. The van der Waals surface area contributed by atoms with Crippen molar-refractivity contribution in [3.63, 3.8) is 0 Å². The van der Waals surface area contributed by atoms with E-state index in [2.05, 4.69) is 24.3 Å². The van der Waals surface area contributed by atoms with Gasteiger partial charge in [-0.1, -0.05) is 80.6 Å². The molecule has 5 aromatic rings. The van der Waals surface area contributed by atoms with Gasteiger partial charge in [0.25, 0.3) is 5.56 Å². The number of hydrogen-bond acceptors (Lipinski definition) is 6. The fraction of sp³-hybridized carbons (Fsp3) is 0.188. The van der Waals surface area contributed by atoms with Crippen molar-refractivity contribution >= 4 is 39.0 Å². The van der Waals surface area contributed by atoms with Crippen LogP contribution in [0.25, 0.3) is 27.6 Å². The van der Waals surface area contributed by atoms with Crippen LogP contribution >= 0.6 is 11.3 Å². The first kappa shape index (κ1) is 27.0. The standard InChI is InChI=1S/C32H29N3O4S/c1-4-39-32(38)29-26-19-40-30(28(26)31(37)35(34-29)25-16-14-22(15-17-25)20(2)3)33-27(36)18-21-10-12-24(13-11-21)23-8-6-5-7-9-23/h5-17,19-20H,4,18H2,1-3H3,(H,33,36). The van der Waals surface area contributed by atoms with Crippen LogP contribution in [0.15, 0.2) is 89.0 Å². The number of carbonyl (C=O) groups excluding carboxylic acids is 2. The zero-order valence-electron chi connectivity index (χ0n) is 22.5. The van der Waals surface area contributed by atoms with Crippen LogP contribution in [0.2, 0.25) is 0 Å². The van der Waals surface area contributed by atoms with Gasteiger partial charge >= 0.3 is 5.97 Å². The van der Waals surface area contributed by atoms with Gasteiger partial charge in [0.2, 0.25) is 5.91 Å². The number of aromatic nitrogens is 2. The number of amides is 1. The Balaban J connectivity index is 1.47. The molecule has 5 rings (SSSR count). The molecule has 40 heavy (non-hydrogen) atoms. The van der Waals surface area contributed by atoms with Crippen LogP contribution in [-0.2, 0) is 16.0 Å². The summed E-state index contributed by atoms with van der Waals surface area (Å²) < 4.78 is 6.43. The summed E-state index contributed by atoms with van der Waals surface area (Å²) in [5.41, 5.74) is 4.24. The number of hydrogen-bond donors (Lipinski definition) is 1. The molecule has 3 aromatic carbocycles. The van der Waals surface area contributed by atoms with Gasteiger partial charge in [-0.25, -0.2) is 4.79 Å². The summed E-state index contributed by atoms with van der Waals surface area (Å²) >= 11 is 1.18. The molecule has 7 nitrogen and oxygen atoms in total. The highest BCUT2D eigenvalue weighted by molar-refractivity contribution is 7.16. The highest BCUT2D eigenvalue weighted by Gasteiger charge is 2.23. The predicted octanol–water partition coefficient (Wildman–Crippen LogP) is 6.60. The van der Waals surface area contributed by atoms with Gasteiger partial charge in [-0.2, -0.15) is 9.78 Å². The Bertz CT molecular complexity index is 1720. The lowest BCUT2D eigenvalue weighted by molar-refractivity contribution is -0.115. The zero-order valence-corrected chi connectivity index (χ0v) is 23.3. The number of benzene rings is 3. The van der Waals surface area contributed by atoms with E-state index in [1.807, 2.05) is 66.7 Å². The molecule has 202 valence electrons. The summed E-state index contributed by atoms with van der Waals surface area (Å²) in [5.74, 6) is -0.572. The molecular formula is C32H29N3O4S. The molecule has 0 bridgehead atoms. The van der Waals surface area contributed by atoms with Crippen LogP contribution in [0.3, 0.4) is 0 Å². The SMILES string of the molecule is CCOC(=O)c1nn(-c2ccc(C(C)C)cc2)c(=O)c2c(NC(=O)Cc3ccc(-c4ccccc4)cc3)scc12. The Morgan fingerprint density at radius 3 is 2.27 bits per heavy atom. The third kappa shape index (κ3) is 5.58. The van der Waals surface area contributed by atoms with Crippen molar-refractivity contribution in [2.75, 3.05) is 11.9 Å². The molecule has 0 fully saturated rings. The van der Waals surface area contributed by atoms with E-state index in [9.17, 15) is 14.4 Å². The largest absolute Gasteiger partial charge is 0.461 e. The fourth-order valence-electron chi connectivity index (χ4n) is 4.47. The molecule has 0 atom stereocenters. The number of fused-ring (bicyclic) bond motifs is 1. The molecule has 0 saturated carbocycles. The van der Waals surface area contributed by atoms with Crippen molar-refractivity contribution in [3.05, 3.63) is 111 Å². The Kier molecular flexibility index (Phi) is 7.89. The van der Waals surface area contributed by atoms with E-state index in [-0.39, 0.29) is 30.0 Å². The van der Waals surface area contributed by atoms with Crippen molar-refractivity contribution in [2.24, 2.45) is 0 Å². The van der Waals surface area contributed by atoms with E-state index < -0.39 is 11.5 Å². The molecule has 0 aliphatic carbocycles. The van der Waals surface area contributed by atoms with E-state index in [0.29, 0.717) is 22.0 Å². The van der Waals surface area contributed by atoms with Crippen LogP contribution in [0.5, 0.6) is 0 Å². The van der Waals surface area contributed by atoms with Crippen LogP contribution < -0.4 is 10.9 Å². The summed E-state index contributed by atoms with van der Waals surface area (Å²) in [7, 11) is 0. The number of carbonyl (C=O) groups is 2. The smallest absolute Gasteiger partial charge is 0.359 e. The molecule has 8 heteroatoms. The van der Waals surface area contributed by atoms with Crippen molar-refractivity contribution in [1.29, 1.82) is 0 Å². The van der Waals surface area contributed by atoms with Gasteiger partial charge < -0.3 is 10.1 Å². The number of nitrogens with zero attached hydrogens (tertiary/aromatic N) is 2. The van der Waals surface area contributed by atoms with Crippen molar-refractivity contribution in [1.82, 2.24) is 9.78 Å². The third-order valence-corrected chi connectivity index (χ3v) is 7.50. The second-order valence-electron chi connectivity index (χ2n) is 9.67. The number of nitrogens with one attached hydrogen (secondary N) is 1. The first-order chi connectivity index (χ1) is 19.4. The Hall–Kier alpha value is -4.56. The molecule has 0 radical (unpaired) electrons. The third-order valence-electron chi connectivity index (χ3n) is 6.60. The number of thiophene rings is 1. The molecular weight excluding hydrogens is 522 g/mol. The first-order valence-corrected chi connectivity index (χ1v) is 14.0. The topological polar surface area (TPSA) is 90.3 Å². The molecule has 0 saturated heterocycles. The number of esters is 1. The minimum atomic E-state index is -0.630. The lowest BCUT2D eigenvalue weighted by Gasteiger charge is -2.11. The summed E-state index contributed by atoms with van der Waals surface area (Å²) in [4.78, 5) is 39.5. The van der Waals surface area contributed by atoms with E-state index in [4.69, 9.17) is 4.74 Å². The van der Waals surface area contributed by atoms with Crippen molar-refractivity contribution < 1.29 is 14.3 Å². The van der Waals surface area contributed by atoms with Crippen LogP contribution in [0.4, 0.5) is 5.00 Å². The number of ether oxygens (including phenoxy) is 1. The lowest BCUT2D eigenvalue weighted by Crippen LogP contribution is -2.25. The van der Waals surface area contributed by atoms with Gasteiger partial charge in [0.1, 0.15) is 5.00 Å². The van der Waals surface area contributed by atoms with E-state index >= 15 is 0 Å². The highest BCUT2D eigenvalue weighted by atomic mass is 32.1. The first-order valence-electron chi connectivity index (χ1n) is 13.1. The maximum atomic E-state index is 13.7. The Morgan fingerprint density at radius 2 is 1.62 bits per heavy atom. The fourth-order valence-corrected chi connectivity index (χ4v) is 5.42. The predicted molar refractivity (Wildman–Crippen MR) is 159 cm³/mol. The van der Waals surface area contributed by atoms with Gasteiger partial charge in [0, 0.05) is 10.8 Å². The van der Waals surface area contributed by atoms with Gasteiger partial charge in [-0.3, -0.25) is 9.59 Å². The molecule has 1 amide bonds. The van der Waals surface area contributed by atoms with E-state index in [1.165, 1.54) is 16.0 Å². The summed E-state index contributed by atoms with van der Waals surface area (Å²) in [6.45, 7) is 6.05. The average Bonchev–Trinajstić information content (AvgIpc) is 3.38. The van der Waals surface area contributed by atoms with Gasteiger partial charge in [-0.15, -0.1) is 11.3 Å². The zero-order chi connectivity index (χ0) is 28.2. The van der Waals surface area contributed by atoms with Crippen LogP contribution in [-0.4, -0.2) is 28.3 Å². The maximum absolute atomic E-state index is 13.7. The summed E-state index contributed by atoms with van der Waals surface area (Å²) in [6.07, 6.45) is 0.134. The monoisotopic (exact) mass is 551 g/mol. The molecule has 0 spiro atoms. The van der Waals surface area contributed by atoms with Gasteiger partial charge in [0.05, 0.1) is 24.1 Å². The van der Waals surface area contributed by atoms with Crippen LogP contribution in [0, 0.1) is 0 Å². The Labute approximate surface area is 236 Å². The molecule has 2 aromatic heterocycles. The summed E-state index contributed by atoms with van der Waals surface area (Å²) in [6, 6.07) is 25.3. The number of rotatable bonds is 8. The average molecular weight is 552 g/mol.